The Morgan fingerprint density at radius 2 is 2.00 bits per heavy atom. The predicted octanol–water partition coefficient (Wildman–Crippen LogP) is 2.96. The average molecular weight is 338 g/mol. The van der Waals surface area contributed by atoms with E-state index < -0.39 is 0 Å². The molecule has 0 amide bonds. The van der Waals surface area contributed by atoms with Crippen molar-refractivity contribution in [2.45, 2.75) is 26.4 Å². The molecule has 108 valence electrons. The molecule has 0 bridgehead atoms. The van der Waals surface area contributed by atoms with Crippen molar-refractivity contribution in [2.24, 2.45) is 5.73 Å². The highest BCUT2D eigenvalue weighted by molar-refractivity contribution is 9.10. The first-order valence-corrected chi connectivity index (χ1v) is 7.37. The maximum Gasteiger partial charge on any atom is 0.0740 e. The fourth-order valence-electron chi connectivity index (χ4n) is 2.49. The van der Waals surface area contributed by atoms with E-state index in [1.165, 1.54) is 11.1 Å². The standard InChI is InChI=1S/C15H20BrN3O/c1-10-5-4-6-11(2)13(10)14(17)15-12(16)9-18-19(15)7-8-20-3/h4-6,9,14H,7-8,17H2,1-3H3. The fourth-order valence-corrected chi connectivity index (χ4v) is 3.03. The number of hydrogen-bond donors (Lipinski definition) is 1. The van der Waals surface area contributed by atoms with E-state index in [0.717, 1.165) is 15.7 Å². The van der Waals surface area contributed by atoms with Crippen LogP contribution in [-0.4, -0.2) is 23.5 Å². The lowest BCUT2D eigenvalue weighted by Crippen LogP contribution is -2.21. The molecule has 2 N–H and O–H groups in total. The second kappa shape index (κ2) is 6.52. The Morgan fingerprint density at radius 1 is 1.35 bits per heavy atom. The van der Waals surface area contributed by atoms with Gasteiger partial charge in [0, 0.05) is 7.11 Å². The molecule has 0 saturated carbocycles. The normalized spacial score (nSPS) is 12.7. The second-order valence-corrected chi connectivity index (χ2v) is 5.73. The summed E-state index contributed by atoms with van der Waals surface area (Å²) in [5.41, 5.74) is 11.0. The molecule has 0 aliphatic rings. The zero-order chi connectivity index (χ0) is 14.7. The van der Waals surface area contributed by atoms with Gasteiger partial charge in [-0.25, -0.2) is 0 Å². The monoisotopic (exact) mass is 337 g/mol. The first kappa shape index (κ1) is 15.2. The molecule has 0 saturated heterocycles. The maximum atomic E-state index is 6.50. The summed E-state index contributed by atoms with van der Waals surface area (Å²) in [7, 11) is 1.68. The molecule has 0 aliphatic heterocycles. The van der Waals surface area contributed by atoms with E-state index in [0.29, 0.717) is 13.2 Å². The molecule has 2 rings (SSSR count). The van der Waals surface area contributed by atoms with Crippen LogP contribution in [0.2, 0.25) is 0 Å². The van der Waals surface area contributed by atoms with Crippen LogP contribution in [0, 0.1) is 13.8 Å². The Bertz CT molecular complexity index is 575. The molecule has 0 spiro atoms. The van der Waals surface area contributed by atoms with Crippen LogP contribution >= 0.6 is 15.9 Å². The van der Waals surface area contributed by atoms with Crippen LogP contribution in [-0.2, 0) is 11.3 Å². The minimum Gasteiger partial charge on any atom is -0.383 e. The SMILES string of the molecule is COCCn1ncc(Br)c1C(N)c1c(C)cccc1C. The Balaban J connectivity index is 2.43. The highest BCUT2D eigenvalue weighted by atomic mass is 79.9. The van der Waals surface area contributed by atoms with E-state index >= 15 is 0 Å². The molecule has 0 radical (unpaired) electrons. The summed E-state index contributed by atoms with van der Waals surface area (Å²) in [6.07, 6.45) is 1.79. The third-order valence-corrected chi connectivity index (χ3v) is 4.10. The predicted molar refractivity (Wildman–Crippen MR) is 83.7 cm³/mol. The summed E-state index contributed by atoms with van der Waals surface area (Å²) in [6.45, 7) is 5.48. The van der Waals surface area contributed by atoms with Crippen molar-refractivity contribution >= 4 is 15.9 Å². The van der Waals surface area contributed by atoms with Gasteiger partial charge in [0.05, 0.1) is 35.6 Å². The number of ether oxygens (including phenoxy) is 1. The first-order valence-electron chi connectivity index (χ1n) is 6.58. The van der Waals surface area contributed by atoms with E-state index in [2.05, 4.69) is 53.1 Å². The number of rotatable bonds is 5. The third-order valence-electron chi connectivity index (χ3n) is 3.49. The van der Waals surface area contributed by atoms with Crippen molar-refractivity contribution in [3.63, 3.8) is 0 Å². The summed E-state index contributed by atoms with van der Waals surface area (Å²) < 4.78 is 7.97. The van der Waals surface area contributed by atoms with Gasteiger partial charge in [-0.2, -0.15) is 5.10 Å². The molecular formula is C15H20BrN3O. The zero-order valence-corrected chi connectivity index (χ0v) is 13.6. The van der Waals surface area contributed by atoms with E-state index in [1.54, 1.807) is 13.3 Å². The molecule has 1 heterocycles. The molecule has 1 atom stereocenters. The summed E-state index contributed by atoms with van der Waals surface area (Å²) in [4.78, 5) is 0. The number of benzene rings is 1. The average Bonchev–Trinajstić information content (AvgIpc) is 2.77. The summed E-state index contributed by atoms with van der Waals surface area (Å²) in [5, 5.41) is 4.37. The molecule has 2 aromatic rings. The molecule has 5 heteroatoms. The van der Waals surface area contributed by atoms with Gasteiger partial charge in [-0.1, -0.05) is 18.2 Å². The minimum absolute atomic E-state index is 0.204. The number of nitrogens with zero attached hydrogens (tertiary/aromatic N) is 2. The Hall–Kier alpha value is -1.17. The van der Waals surface area contributed by atoms with Crippen LogP contribution in [0.15, 0.2) is 28.9 Å². The molecular weight excluding hydrogens is 318 g/mol. The van der Waals surface area contributed by atoms with Gasteiger partial charge < -0.3 is 10.5 Å². The number of aromatic nitrogens is 2. The van der Waals surface area contributed by atoms with E-state index in [4.69, 9.17) is 10.5 Å². The van der Waals surface area contributed by atoms with Gasteiger partial charge >= 0.3 is 0 Å². The number of hydrogen-bond acceptors (Lipinski definition) is 3. The molecule has 0 fully saturated rings. The van der Waals surface area contributed by atoms with Gasteiger partial charge in [-0.05, 0) is 46.5 Å². The van der Waals surface area contributed by atoms with E-state index in [1.807, 2.05) is 4.68 Å². The van der Waals surface area contributed by atoms with Crippen molar-refractivity contribution in [3.05, 3.63) is 51.3 Å². The first-order chi connectivity index (χ1) is 9.56. The maximum absolute atomic E-state index is 6.50. The highest BCUT2D eigenvalue weighted by Crippen LogP contribution is 2.30. The van der Waals surface area contributed by atoms with Crippen LogP contribution in [0.1, 0.15) is 28.4 Å². The minimum atomic E-state index is -0.204. The van der Waals surface area contributed by atoms with Crippen LogP contribution < -0.4 is 5.73 Å². The molecule has 20 heavy (non-hydrogen) atoms. The Kier molecular flexibility index (Phi) is 4.96. The second-order valence-electron chi connectivity index (χ2n) is 4.88. The van der Waals surface area contributed by atoms with Crippen molar-refractivity contribution in [2.75, 3.05) is 13.7 Å². The number of halogens is 1. The Morgan fingerprint density at radius 3 is 2.60 bits per heavy atom. The van der Waals surface area contributed by atoms with Gasteiger partial charge in [0.25, 0.3) is 0 Å². The molecule has 1 unspecified atom stereocenters. The van der Waals surface area contributed by atoms with Gasteiger partial charge in [0.1, 0.15) is 0 Å². The summed E-state index contributed by atoms with van der Waals surface area (Å²) >= 11 is 3.55. The number of methoxy groups -OCH3 is 1. The number of nitrogens with two attached hydrogens (primary N) is 1. The van der Waals surface area contributed by atoms with Crippen molar-refractivity contribution in [1.29, 1.82) is 0 Å². The van der Waals surface area contributed by atoms with E-state index in [9.17, 15) is 0 Å². The van der Waals surface area contributed by atoms with Gasteiger partial charge in [0.15, 0.2) is 0 Å². The van der Waals surface area contributed by atoms with Gasteiger partial charge in [0.2, 0.25) is 0 Å². The number of aryl methyl sites for hydroxylation is 2. The highest BCUT2D eigenvalue weighted by Gasteiger charge is 2.21. The largest absolute Gasteiger partial charge is 0.383 e. The van der Waals surface area contributed by atoms with Crippen molar-refractivity contribution in [1.82, 2.24) is 9.78 Å². The zero-order valence-electron chi connectivity index (χ0n) is 12.1. The fraction of sp³-hybridized carbons (Fsp3) is 0.400. The van der Waals surface area contributed by atoms with Crippen LogP contribution in [0.5, 0.6) is 0 Å². The summed E-state index contributed by atoms with van der Waals surface area (Å²) in [5.74, 6) is 0. The third kappa shape index (κ3) is 2.95. The quantitative estimate of drug-likeness (QED) is 0.912. The molecule has 4 nitrogen and oxygen atoms in total. The lowest BCUT2D eigenvalue weighted by molar-refractivity contribution is 0.182. The molecule has 0 aliphatic carbocycles. The van der Waals surface area contributed by atoms with Crippen molar-refractivity contribution < 1.29 is 4.74 Å². The lowest BCUT2D eigenvalue weighted by atomic mass is 9.95. The van der Waals surface area contributed by atoms with Crippen LogP contribution in [0.25, 0.3) is 0 Å². The smallest absolute Gasteiger partial charge is 0.0740 e. The lowest BCUT2D eigenvalue weighted by Gasteiger charge is -2.19. The van der Waals surface area contributed by atoms with Crippen LogP contribution in [0.4, 0.5) is 0 Å². The van der Waals surface area contributed by atoms with E-state index in [-0.39, 0.29) is 6.04 Å². The van der Waals surface area contributed by atoms with Gasteiger partial charge in [-0.3, -0.25) is 4.68 Å². The topological polar surface area (TPSA) is 53.1 Å². The van der Waals surface area contributed by atoms with Gasteiger partial charge in [-0.15, -0.1) is 0 Å². The van der Waals surface area contributed by atoms with Crippen molar-refractivity contribution in [3.8, 4) is 0 Å². The molecule has 1 aromatic carbocycles. The molecule has 1 aromatic heterocycles. The Labute approximate surface area is 128 Å². The summed E-state index contributed by atoms with van der Waals surface area (Å²) in [6, 6.07) is 6.03. The van der Waals surface area contributed by atoms with Crippen LogP contribution in [0.3, 0.4) is 0 Å².